The van der Waals surface area contributed by atoms with E-state index in [0.717, 1.165) is 10.5 Å². The van der Waals surface area contributed by atoms with Crippen molar-refractivity contribution in [3.63, 3.8) is 0 Å². The molecular weight excluding hydrogens is 268 g/mol. The third-order valence-corrected chi connectivity index (χ3v) is 3.37. The van der Waals surface area contributed by atoms with Gasteiger partial charge < -0.3 is 10.5 Å². The van der Waals surface area contributed by atoms with Crippen molar-refractivity contribution in [1.29, 1.82) is 0 Å². The molecule has 0 aromatic heterocycles. The first kappa shape index (κ1) is 13.3. The van der Waals surface area contributed by atoms with E-state index in [1.54, 1.807) is 36.4 Å². The normalized spacial score (nSPS) is 13.5. The van der Waals surface area contributed by atoms with Crippen LogP contribution in [0.3, 0.4) is 0 Å². The van der Waals surface area contributed by atoms with Crippen LogP contribution in [-0.4, -0.2) is 23.4 Å². The third-order valence-electron chi connectivity index (χ3n) is 3.37. The predicted molar refractivity (Wildman–Crippen MR) is 76.8 cm³/mol. The largest absolute Gasteiger partial charge is 0.473 e. The number of ether oxygens (including phenoxy) is 1. The topological polar surface area (TPSA) is 72.6 Å². The maximum atomic E-state index is 12.2. The number of rotatable bonds is 4. The summed E-state index contributed by atoms with van der Waals surface area (Å²) in [6.07, 6.45) is 0. The van der Waals surface area contributed by atoms with Gasteiger partial charge in [0.1, 0.15) is 5.75 Å². The molecule has 3 rings (SSSR count). The molecule has 5 heteroatoms. The standard InChI is InChI=1S/C16H14N2O3/c17-9-11-4-3-5-12(8-11)21-10-18-15(19)13-6-1-2-7-14(13)16(18)20/h1-8H,9-10,17H2. The van der Waals surface area contributed by atoms with Crippen LogP contribution in [-0.2, 0) is 6.54 Å². The number of hydrogen-bond acceptors (Lipinski definition) is 4. The molecule has 1 aliphatic rings. The summed E-state index contributed by atoms with van der Waals surface area (Å²) >= 11 is 0. The molecule has 0 aliphatic carbocycles. The molecule has 2 amide bonds. The Balaban J connectivity index is 1.75. The molecule has 1 heterocycles. The highest BCUT2D eigenvalue weighted by atomic mass is 16.5. The fraction of sp³-hybridized carbons (Fsp3) is 0.125. The van der Waals surface area contributed by atoms with Gasteiger partial charge in [-0.15, -0.1) is 0 Å². The maximum absolute atomic E-state index is 12.2. The van der Waals surface area contributed by atoms with Crippen molar-refractivity contribution in [2.45, 2.75) is 6.54 Å². The molecule has 21 heavy (non-hydrogen) atoms. The lowest BCUT2D eigenvalue weighted by molar-refractivity contribution is 0.0522. The Morgan fingerprint density at radius 1 is 0.952 bits per heavy atom. The van der Waals surface area contributed by atoms with Crippen LogP contribution < -0.4 is 10.5 Å². The van der Waals surface area contributed by atoms with E-state index in [4.69, 9.17) is 10.5 Å². The summed E-state index contributed by atoms with van der Waals surface area (Å²) in [7, 11) is 0. The molecule has 0 bridgehead atoms. The van der Waals surface area contributed by atoms with Gasteiger partial charge in [0.05, 0.1) is 11.1 Å². The Morgan fingerprint density at radius 2 is 1.62 bits per heavy atom. The SMILES string of the molecule is NCc1cccc(OCN2C(=O)c3ccccc3C2=O)c1. The van der Waals surface area contributed by atoms with E-state index in [1.807, 2.05) is 12.1 Å². The Morgan fingerprint density at radius 3 is 2.24 bits per heavy atom. The van der Waals surface area contributed by atoms with Crippen LogP contribution in [0.25, 0.3) is 0 Å². The molecule has 5 nitrogen and oxygen atoms in total. The molecule has 2 aromatic carbocycles. The maximum Gasteiger partial charge on any atom is 0.264 e. The average molecular weight is 282 g/mol. The quantitative estimate of drug-likeness (QED) is 0.868. The summed E-state index contributed by atoms with van der Waals surface area (Å²) in [4.78, 5) is 25.4. The van der Waals surface area contributed by atoms with Crippen molar-refractivity contribution >= 4 is 11.8 Å². The first-order valence-corrected chi connectivity index (χ1v) is 6.58. The van der Waals surface area contributed by atoms with Gasteiger partial charge in [0.25, 0.3) is 11.8 Å². The van der Waals surface area contributed by atoms with Gasteiger partial charge in [0, 0.05) is 6.54 Å². The zero-order chi connectivity index (χ0) is 14.8. The number of imide groups is 1. The van der Waals surface area contributed by atoms with E-state index >= 15 is 0 Å². The van der Waals surface area contributed by atoms with Crippen molar-refractivity contribution in [1.82, 2.24) is 4.90 Å². The van der Waals surface area contributed by atoms with Crippen LogP contribution in [0.4, 0.5) is 0 Å². The van der Waals surface area contributed by atoms with Gasteiger partial charge in [0.15, 0.2) is 6.73 Å². The number of fused-ring (bicyclic) bond motifs is 1. The molecule has 0 saturated carbocycles. The van der Waals surface area contributed by atoms with Crippen molar-refractivity contribution in [3.8, 4) is 5.75 Å². The highest BCUT2D eigenvalue weighted by Crippen LogP contribution is 2.23. The molecule has 106 valence electrons. The monoisotopic (exact) mass is 282 g/mol. The van der Waals surface area contributed by atoms with Gasteiger partial charge in [-0.05, 0) is 29.8 Å². The molecular formula is C16H14N2O3. The minimum atomic E-state index is -0.328. The zero-order valence-electron chi connectivity index (χ0n) is 11.3. The average Bonchev–Trinajstić information content (AvgIpc) is 2.78. The van der Waals surface area contributed by atoms with Crippen molar-refractivity contribution in [2.24, 2.45) is 5.73 Å². The highest BCUT2D eigenvalue weighted by molar-refractivity contribution is 6.21. The zero-order valence-corrected chi connectivity index (χ0v) is 11.3. The number of carbonyl (C=O) groups is 2. The van der Waals surface area contributed by atoms with E-state index in [-0.39, 0.29) is 18.5 Å². The Bertz CT molecular complexity index is 677. The second kappa shape index (κ2) is 5.38. The second-order valence-corrected chi connectivity index (χ2v) is 4.71. The summed E-state index contributed by atoms with van der Waals surface area (Å²) in [5.41, 5.74) is 7.33. The minimum absolute atomic E-state index is 0.111. The number of nitrogens with zero attached hydrogens (tertiary/aromatic N) is 1. The van der Waals surface area contributed by atoms with Crippen LogP contribution >= 0.6 is 0 Å². The third kappa shape index (κ3) is 2.39. The lowest BCUT2D eigenvalue weighted by Gasteiger charge is -2.15. The van der Waals surface area contributed by atoms with Crippen LogP contribution in [0.1, 0.15) is 26.3 Å². The van der Waals surface area contributed by atoms with Crippen LogP contribution in [0, 0.1) is 0 Å². The fourth-order valence-corrected chi connectivity index (χ4v) is 2.26. The molecule has 1 aliphatic heterocycles. The number of hydrogen-bond donors (Lipinski definition) is 1. The van der Waals surface area contributed by atoms with Gasteiger partial charge in [0.2, 0.25) is 0 Å². The first-order chi connectivity index (χ1) is 10.2. The molecule has 0 unspecified atom stereocenters. The number of benzene rings is 2. The van der Waals surface area contributed by atoms with Crippen LogP contribution in [0.5, 0.6) is 5.75 Å². The molecule has 0 radical (unpaired) electrons. The fourth-order valence-electron chi connectivity index (χ4n) is 2.26. The van der Waals surface area contributed by atoms with E-state index < -0.39 is 0 Å². The smallest absolute Gasteiger partial charge is 0.264 e. The highest BCUT2D eigenvalue weighted by Gasteiger charge is 2.35. The van der Waals surface area contributed by atoms with Gasteiger partial charge in [-0.1, -0.05) is 24.3 Å². The Kier molecular flexibility index (Phi) is 3.41. The van der Waals surface area contributed by atoms with Crippen molar-refractivity contribution in [3.05, 3.63) is 65.2 Å². The summed E-state index contributed by atoms with van der Waals surface area (Å²) in [5, 5.41) is 0. The Hall–Kier alpha value is -2.66. The summed E-state index contributed by atoms with van der Waals surface area (Å²) in [5.74, 6) is -0.0781. The van der Waals surface area contributed by atoms with Gasteiger partial charge in [-0.25, -0.2) is 4.90 Å². The van der Waals surface area contributed by atoms with Crippen LogP contribution in [0.2, 0.25) is 0 Å². The van der Waals surface area contributed by atoms with Crippen molar-refractivity contribution in [2.75, 3.05) is 6.73 Å². The van der Waals surface area contributed by atoms with E-state index in [9.17, 15) is 9.59 Å². The summed E-state index contributed by atoms with van der Waals surface area (Å²) in [6.45, 7) is 0.296. The first-order valence-electron chi connectivity index (χ1n) is 6.58. The number of nitrogens with two attached hydrogens (primary N) is 1. The van der Waals surface area contributed by atoms with Crippen molar-refractivity contribution < 1.29 is 14.3 Å². The molecule has 0 fully saturated rings. The predicted octanol–water partition coefficient (Wildman–Crippen LogP) is 1.78. The summed E-state index contributed by atoms with van der Waals surface area (Å²) in [6, 6.07) is 14.0. The van der Waals surface area contributed by atoms with Gasteiger partial charge in [-0.3, -0.25) is 9.59 Å². The van der Waals surface area contributed by atoms with E-state index in [0.29, 0.717) is 23.4 Å². The minimum Gasteiger partial charge on any atom is -0.473 e. The van der Waals surface area contributed by atoms with E-state index in [2.05, 4.69) is 0 Å². The molecule has 0 spiro atoms. The number of carbonyl (C=O) groups excluding carboxylic acids is 2. The lowest BCUT2D eigenvalue weighted by Crippen LogP contribution is -2.33. The summed E-state index contributed by atoms with van der Waals surface area (Å²) < 4.78 is 5.53. The second-order valence-electron chi connectivity index (χ2n) is 4.71. The van der Waals surface area contributed by atoms with Gasteiger partial charge >= 0.3 is 0 Å². The van der Waals surface area contributed by atoms with E-state index in [1.165, 1.54) is 0 Å². The molecule has 2 aromatic rings. The van der Waals surface area contributed by atoms with Crippen LogP contribution in [0.15, 0.2) is 48.5 Å². The molecule has 0 saturated heterocycles. The molecule has 2 N–H and O–H groups in total. The van der Waals surface area contributed by atoms with Gasteiger partial charge in [-0.2, -0.15) is 0 Å². The molecule has 0 atom stereocenters. The Labute approximate surface area is 121 Å². The number of amides is 2. The lowest BCUT2D eigenvalue weighted by atomic mass is 10.1.